The number of hydrogen-bond donors (Lipinski definition) is 1. The van der Waals surface area contributed by atoms with Crippen LogP contribution in [0, 0.1) is 0 Å². The van der Waals surface area contributed by atoms with Gasteiger partial charge in [-0.15, -0.1) is 0 Å². The lowest BCUT2D eigenvalue weighted by molar-refractivity contribution is -0.138. The molecule has 2 rings (SSSR count). The molecule has 1 aliphatic carbocycles. The first-order valence-electron chi connectivity index (χ1n) is 7.34. The summed E-state index contributed by atoms with van der Waals surface area (Å²) in [6.07, 6.45) is 2.07. The van der Waals surface area contributed by atoms with Crippen LogP contribution in [0.4, 0.5) is 0 Å². The third kappa shape index (κ3) is 4.45. The Hall–Kier alpha value is -1.59. The van der Waals surface area contributed by atoms with Crippen LogP contribution >= 0.6 is 11.6 Å². The molecular formula is C16H22ClN3O2. The van der Waals surface area contributed by atoms with Gasteiger partial charge in [0.2, 0.25) is 11.8 Å². The smallest absolute Gasteiger partial charge is 0.244 e. The van der Waals surface area contributed by atoms with E-state index in [9.17, 15) is 9.59 Å². The second-order valence-corrected chi connectivity index (χ2v) is 6.39. The van der Waals surface area contributed by atoms with Crippen molar-refractivity contribution in [3.05, 3.63) is 34.9 Å². The van der Waals surface area contributed by atoms with Gasteiger partial charge in [0.15, 0.2) is 0 Å². The standard InChI is InChI=1S/C16H22ClN3O2/c1-19(2)15(11-4-6-12(17)7-5-11)16(22)20(3)10-14(21)18-13-8-9-13/h4-7,13,15H,8-10H2,1-3H3,(H,18,21). The molecule has 0 heterocycles. The molecule has 1 unspecified atom stereocenters. The monoisotopic (exact) mass is 323 g/mol. The lowest BCUT2D eigenvalue weighted by atomic mass is 10.0. The molecule has 2 amide bonds. The van der Waals surface area contributed by atoms with E-state index in [4.69, 9.17) is 11.6 Å². The van der Waals surface area contributed by atoms with E-state index in [1.165, 1.54) is 4.90 Å². The van der Waals surface area contributed by atoms with Crippen LogP contribution in [0.2, 0.25) is 5.02 Å². The van der Waals surface area contributed by atoms with Crippen LogP contribution in [-0.2, 0) is 9.59 Å². The number of halogens is 1. The van der Waals surface area contributed by atoms with E-state index in [1.54, 1.807) is 19.2 Å². The Morgan fingerprint density at radius 1 is 1.23 bits per heavy atom. The zero-order chi connectivity index (χ0) is 16.3. The Bertz CT molecular complexity index is 541. The van der Waals surface area contributed by atoms with Gasteiger partial charge in [-0.1, -0.05) is 23.7 Å². The molecule has 6 heteroatoms. The number of nitrogens with zero attached hydrogens (tertiary/aromatic N) is 2. The Kier molecular flexibility index (Phi) is 5.42. The summed E-state index contributed by atoms with van der Waals surface area (Å²) in [4.78, 5) is 27.8. The average Bonchev–Trinajstić information content (AvgIpc) is 3.24. The molecule has 1 aromatic carbocycles. The van der Waals surface area contributed by atoms with Crippen molar-refractivity contribution in [1.82, 2.24) is 15.1 Å². The van der Waals surface area contributed by atoms with Crippen molar-refractivity contribution < 1.29 is 9.59 Å². The summed E-state index contributed by atoms with van der Waals surface area (Å²) in [5, 5.41) is 3.52. The van der Waals surface area contributed by atoms with Gasteiger partial charge in [-0.25, -0.2) is 0 Å². The normalized spacial score (nSPS) is 15.5. The largest absolute Gasteiger partial charge is 0.352 e. The minimum atomic E-state index is -0.434. The number of nitrogens with one attached hydrogen (secondary N) is 1. The quantitative estimate of drug-likeness (QED) is 0.866. The molecule has 0 aromatic heterocycles. The summed E-state index contributed by atoms with van der Waals surface area (Å²) in [6.45, 7) is 0.0766. The highest BCUT2D eigenvalue weighted by atomic mass is 35.5. The molecule has 1 fully saturated rings. The molecule has 1 atom stereocenters. The zero-order valence-electron chi connectivity index (χ0n) is 13.2. The fourth-order valence-electron chi connectivity index (χ4n) is 2.31. The number of amides is 2. The summed E-state index contributed by atoms with van der Waals surface area (Å²) in [5.74, 6) is -0.217. The average molecular weight is 324 g/mol. The van der Waals surface area contributed by atoms with Crippen molar-refractivity contribution in [3.8, 4) is 0 Å². The summed E-state index contributed by atoms with van der Waals surface area (Å²) in [6, 6.07) is 7.07. The van der Waals surface area contributed by atoms with Crippen molar-refractivity contribution in [1.29, 1.82) is 0 Å². The van der Waals surface area contributed by atoms with E-state index in [1.807, 2.05) is 31.1 Å². The topological polar surface area (TPSA) is 52.7 Å². The molecule has 1 N–H and O–H groups in total. The Morgan fingerprint density at radius 3 is 2.32 bits per heavy atom. The van der Waals surface area contributed by atoms with E-state index in [2.05, 4.69) is 5.32 Å². The lowest BCUT2D eigenvalue weighted by Gasteiger charge is -2.28. The van der Waals surface area contributed by atoms with Gasteiger partial charge in [-0.2, -0.15) is 0 Å². The first kappa shape index (κ1) is 16.8. The van der Waals surface area contributed by atoms with E-state index < -0.39 is 6.04 Å². The van der Waals surface area contributed by atoms with Crippen LogP contribution in [0.5, 0.6) is 0 Å². The molecule has 0 spiro atoms. The van der Waals surface area contributed by atoms with Gasteiger partial charge in [-0.05, 0) is 44.6 Å². The Morgan fingerprint density at radius 2 is 1.82 bits per heavy atom. The summed E-state index contributed by atoms with van der Waals surface area (Å²) >= 11 is 5.90. The van der Waals surface area contributed by atoms with Crippen LogP contribution in [0.25, 0.3) is 0 Å². The van der Waals surface area contributed by atoms with E-state index in [0.29, 0.717) is 11.1 Å². The minimum absolute atomic E-state index is 0.0766. The van der Waals surface area contributed by atoms with Crippen molar-refractivity contribution in [3.63, 3.8) is 0 Å². The van der Waals surface area contributed by atoms with Gasteiger partial charge in [0.05, 0.1) is 6.54 Å². The number of benzene rings is 1. The zero-order valence-corrected chi connectivity index (χ0v) is 13.9. The fraction of sp³-hybridized carbons (Fsp3) is 0.500. The molecule has 0 aliphatic heterocycles. The number of rotatable bonds is 6. The maximum Gasteiger partial charge on any atom is 0.244 e. The highest BCUT2D eigenvalue weighted by Crippen LogP contribution is 2.22. The number of carbonyl (C=O) groups is 2. The van der Waals surface area contributed by atoms with Crippen molar-refractivity contribution >= 4 is 23.4 Å². The fourth-order valence-corrected chi connectivity index (χ4v) is 2.44. The van der Waals surface area contributed by atoms with Crippen molar-refractivity contribution in [2.75, 3.05) is 27.7 Å². The van der Waals surface area contributed by atoms with Gasteiger partial charge >= 0.3 is 0 Å². The highest BCUT2D eigenvalue weighted by Gasteiger charge is 2.28. The second-order valence-electron chi connectivity index (χ2n) is 5.95. The molecule has 5 nitrogen and oxygen atoms in total. The number of hydrogen-bond acceptors (Lipinski definition) is 3. The molecule has 1 saturated carbocycles. The molecule has 0 radical (unpaired) electrons. The molecule has 22 heavy (non-hydrogen) atoms. The minimum Gasteiger partial charge on any atom is -0.352 e. The van der Waals surface area contributed by atoms with Gasteiger partial charge < -0.3 is 10.2 Å². The predicted octanol–water partition coefficient (Wildman–Crippen LogP) is 1.68. The maximum absolute atomic E-state index is 12.7. The first-order chi connectivity index (χ1) is 10.4. The van der Waals surface area contributed by atoms with Gasteiger partial charge in [0.25, 0.3) is 0 Å². The van der Waals surface area contributed by atoms with Crippen LogP contribution in [0.1, 0.15) is 24.4 Å². The van der Waals surface area contributed by atoms with Gasteiger partial charge in [0.1, 0.15) is 6.04 Å². The van der Waals surface area contributed by atoms with Crippen LogP contribution in [-0.4, -0.2) is 55.3 Å². The van der Waals surface area contributed by atoms with Crippen molar-refractivity contribution in [2.45, 2.75) is 24.9 Å². The third-order valence-corrected chi connectivity index (χ3v) is 3.89. The molecule has 0 saturated heterocycles. The number of carbonyl (C=O) groups excluding carboxylic acids is 2. The van der Waals surface area contributed by atoms with Crippen LogP contribution in [0.15, 0.2) is 24.3 Å². The molecule has 1 aliphatic rings. The summed E-state index contributed by atoms with van der Waals surface area (Å²) in [5.41, 5.74) is 0.855. The van der Waals surface area contributed by atoms with Crippen molar-refractivity contribution in [2.24, 2.45) is 0 Å². The Labute approximate surface area is 136 Å². The SMILES string of the molecule is CN(CC(=O)NC1CC1)C(=O)C(c1ccc(Cl)cc1)N(C)C. The molecular weight excluding hydrogens is 302 g/mol. The van der Waals surface area contributed by atoms with E-state index in [-0.39, 0.29) is 18.4 Å². The molecule has 1 aromatic rings. The first-order valence-corrected chi connectivity index (χ1v) is 7.72. The molecule has 120 valence electrons. The van der Waals surface area contributed by atoms with Crippen LogP contribution in [0.3, 0.4) is 0 Å². The maximum atomic E-state index is 12.7. The number of likely N-dealkylation sites (N-methyl/N-ethyl adjacent to an activating group) is 2. The lowest BCUT2D eigenvalue weighted by Crippen LogP contribution is -2.43. The Balaban J connectivity index is 2.04. The van der Waals surface area contributed by atoms with E-state index in [0.717, 1.165) is 18.4 Å². The van der Waals surface area contributed by atoms with Gasteiger partial charge in [-0.3, -0.25) is 14.5 Å². The molecule has 0 bridgehead atoms. The van der Waals surface area contributed by atoms with Crippen LogP contribution < -0.4 is 5.32 Å². The summed E-state index contributed by atoms with van der Waals surface area (Å²) in [7, 11) is 5.34. The summed E-state index contributed by atoms with van der Waals surface area (Å²) < 4.78 is 0. The second kappa shape index (κ2) is 7.11. The third-order valence-electron chi connectivity index (χ3n) is 3.64. The highest BCUT2D eigenvalue weighted by molar-refractivity contribution is 6.30. The van der Waals surface area contributed by atoms with E-state index >= 15 is 0 Å². The predicted molar refractivity (Wildman–Crippen MR) is 86.7 cm³/mol. The van der Waals surface area contributed by atoms with Gasteiger partial charge in [0, 0.05) is 18.1 Å².